The lowest BCUT2D eigenvalue weighted by molar-refractivity contribution is -0.122. The molecule has 224 valence electrons. The Bertz CT molecular complexity index is 1800. The molecule has 44 heavy (non-hydrogen) atoms. The molecule has 0 spiro atoms. The number of amides is 3. The van der Waals surface area contributed by atoms with Gasteiger partial charge in [0.05, 0.1) is 28.8 Å². The summed E-state index contributed by atoms with van der Waals surface area (Å²) in [6, 6.07) is 19.7. The highest BCUT2D eigenvalue weighted by molar-refractivity contribution is 8.00. The van der Waals surface area contributed by atoms with Gasteiger partial charge in [0.25, 0.3) is 5.91 Å². The summed E-state index contributed by atoms with van der Waals surface area (Å²) in [5.41, 5.74) is 2.04. The number of fused-ring (bicyclic) bond motifs is 2. The first kappa shape index (κ1) is 29.7. The number of hydrogen-bond donors (Lipinski definition) is 2. The van der Waals surface area contributed by atoms with Crippen molar-refractivity contribution < 1.29 is 28.7 Å². The normalized spacial score (nSPS) is 18.9. The third kappa shape index (κ3) is 5.75. The minimum absolute atomic E-state index is 0.261. The van der Waals surface area contributed by atoms with Gasteiger partial charge in [-0.25, -0.2) is 9.69 Å². The van der Waals surface area contributed by atoms with E-state index in [4.69, 9.17) is 21.1 Å². The van der Waals surface area contributed by atoms with Gasteiger partial charge in [0.1, 0.15) is 11.0 Å². The lowest BCUT2D eigenvalue weighted by Crippen LogP contribution is -2.32. The Balaban J connectivity index is 1.17. The van der Waals surface area contributed by atoms with Crippen molar-refractivity contribution in [2.45, 2.75) is 23.1 Å². The first-order chi connectivity index (χ1) is 21.2. The predicted octanol–water partition coefficient (Wildman–Crippen LogP) is 5.08. The van der Waals surface area contributed by atoms with Crippen LogP contribution in [0.4, 0.5) is 11.4 Å². The van der Waals surface area contributed by atoms with Gasteiger partial charge in [-0.05, 0) is 73.2 Å². The van der Waals surface area contributed by atoms with E-state index >= 15 is 0 Å². The Kier molecular flexibility index (Phi) is 8.30. The molecule has 3 unspecified atom stereocenters. The Labute approximate surface area is 264 Å². The number of carbonyl (C=O) groups is 4. The summed E-state index contributed by atoms with van der Waals surface area (Å²) < 4.78 is 10.6. The van der Waals surface area contributed by atoms with Gasteiger partial charge in [0, 0.05) is 21.5 Å². The van der Waals surface area contributed by atoms with Crippen LogP contribution in [0.15, 0.2) is 82.6 Å². The molecule has 3 amide bonds. The van der Waals surface area contributed by atoms with Crippen molar-refractivity contribution in [2.24, 2.45) is 5.92 Å². The molecule has 4 aromatic rings. The predicted molar refractivity (Wildman–Crippen MR) is 167 cm³/mol. The lowest BCUT2D eigenvalue weighted by Gasteiger charge is -2.29. The van der Waals surface area contributed by atoms with Crippen LogP contribution in [0, 0.1) is 5.92 Å². The van der Waals surface area contributed by atoms with Crippen LogP contribution >= 0.6 is 34.7 Å². The molecule has 1 aromatic heterocycles. The maximum Gasteiger partial charge on any atom is 0.338 e. The molecule has 10 nitrogen and oxygen atoms in total. The summed E-state index contributed by atoms with van der Waals surface area (Å²) in [4.78, 5) is 68.4. The average Bonchev–Trinajstić information content (AvgIpc) is 3.51. The molecule has 3 atom stereocenters. The number of aromatic amines is 1. The van der Waals surface area contributed by atoms with E-state index in [2.05, 4.69) is 10.3 Å². The van der Waals surface area contributed by atoms with Crippen molar-refractivity contribution in [3.05, 3.63) is 103 Å². The number of nitrogens with one attached hydrogen (secondary N) is 2. The highest BCUT2D eigenvalue weighted by Gasteiger charge is 2.56. The number of carbonyl (C=O) groups excluding carboxylic acids is 4. The number of aromatic nitrogens is 1. The van der Waals surface area contributed by atoms with Gasteiger partial charge in [-0.1, -0.05) is 46.8 Å². The largest absolute Gasteiger partial charge is 0.484 e. The monoisotopic (exact) mass is 649 g/mol. The number of benzene rings is 3. The van der Waals surface area contributed by atoms with Crippen molar-refractivity contribution in [3.8, 4) is 5.75 Å². The molecule has 2 N–H and O–H groups in total. The quantitative estimate of drug-likeness (QED) is 0.199. The van der Waals surface area contributed by atoms with Gasteiger partial charge >= 0.3 is 10.8 Å². The number of nitrogens with zero attached hydrogens (tertiary/aromatic N) is 1. The Morgan fingerprint density at radius 2 is 1.66 bits per heavy atom. The molecule has 0 bridgehead atoms. The van der Waals surface area contributed by atoms with Crippen LogP contribution in [0.2, 0.25) is 5.02 Å². The molecule has 0 aliphatic carbocycles. The van der Waals surface area contributed by atoms with E-state index in [0.717, 1.165) is 16.9 Å². The maximum absolute atomic E-state index is 13.8. The van der Waals surface area contributed by atoms with Gasteiger partial charge in [-0.15, -0.1) is 0 Å². The highest BCUT2D eigenvalue weighted by atomic mass is 35.5. The maximum atomic E-state index is 13.8. The molecule has 1 fully saturated rings. The highest BCUT2D eigenvalue weighted by Crippen LogP contribution is 2.53. The molecule has 2 aliphatic rings. The second-order valence-electron chi connectivity index (χ2n) is 9.94. The number of rotatable bonds is 8. The van der Waals surface area contributed by atoms with E-state index in [9.17, 15) is 24.0 Å². The van der Waals surface area contributed by atoms with Crippen LogP contribution in [0.1, 0.15) is 33.6 Å². The summed E-state index contributed by atoms with van der Waals surface area (Å²) in [5.74, 6) is -2.38. The Morgan fingerprint density at radius 1 is 0.955 bits per heavy atom. The van der Waals surface area contributed by atoms with Crippen molar-refractivity contribution in [3.63, 3.8) is 0 Å². The summed E-state index contributed by atoms with van der Waals surface area (Å²) in [7, 11) is 0. The minimum atomic E-state index is -0.727. The van der Waals surface area contributed by atoms with Gasteiger partial charge in [-0.2, -0.15) is 0 Å². The summed E-state index contributed by atoms with van der Waals surface area (Å²) >= 11 is 8.25. The zero-order valence-electron chi connectivity index (χ0n) is 23.1. The molecule has 3 aromatic carbocycles. The summed E-state index contributed by atoms with van der Waals surface area (Å²) in [6.07, 6.45) is 0. The molecule has 2 aliphatic heterocycles. The molecule has 0 saturated carbocycles. The number of esters is 1. The topological polar surface area (TPSA) is 135 Å². The van der Waals surface area contributed by atoms with E-state index in [1.165, 1.54) is 16.7 Å². The molecule has 1 saturated heterocycles. The smallest absolute Gasteiger partial charge is 0.338 e. The van der Waals surface area contributed by atoms with Crippen molar-refractivity contribution >= 4 is 69.8 Å². The molecule has 0 radical (unpaired) electrons. The first-order valence-electron chi connectivity index (χ1n) is 13.6. The second kappa shape index (κ2) is 12.3. The number of halogens is 1. The van der Waals surface area contributed by atoms with Crippen LogP contribution in [-0.2, 0) is 19.1 Å². The number of anilines is 2. The SMILES string of the molecule is CCOC(=O)c1ccc(NC(=O)COc2ccc(C3c4sc(=O)[nH]c4SC4C(=O)N(c5ccc(Cl)cc5)C(=O)C43)cc2)cc1. The summed E-state index contributed by atoms with van der Waals surface area (Å²) in [5, 5.41) is 3.06. The van der Waals surface area contributed by atoms with Gasteiger partial charge in [-0.3, -0.25) is 19.2 Å². The molecule has 6 rings (SSSR count). The zero-order valence-corrected chi connectivity index (χ0v) is 25.5. The fourth-order valence-electron chi connectivity index (χ4n) is 5.24. The van der Waals surface area contributed by atoms with Crippen LogP contribution in [-0.4, -0.2) is 47.1 Å². The van der Waals surface area contributed by atoms with Gasteiger partial charge in [0.15, 0.2) is 6.61 Å². The first-order valence-corrected chi connectivity index (χ1v) is 15.6. The van der Waals surface area contributed by atoms with Gasteiger partial charge < -0.3 is 19.8 Å². The minimum Gasteiger partial charge on any atom is -0.484 e. The van der Waals surface area contributed by atoms with Crippen LogP contribution < -0.4 is 19.8 Å². The number of hydrogen-bond acceptors (Lipinski definition) is 9. The molecule has 3 heterocycles. The Hall–Kier alpha value is -4.39. The van der Waals surface area contributed by atoms with E-state index in [1.54, 1.807) is 79.7 Å². The number of H-pyrrole nitrogens is 1. The van der Waals surface area contributed by atoms with Crippen LogP contribution in [0.3, 0.4) is 0 Å². The summed E-state index contributed by atoms with van der Waals surface area (Å²) in [6.45, 7) is 1.73. The molecule has 13 heteroatoms. The average molecular weight is 650 g/mol. The molecular formula is C31H24ClN3O7S2. The number of ether oxygens (including phenoxy) is 2. The van der Waals surface area contributed by atoms with Crippen molar-refractivity contribution in [1.82, 2.24) is 4.98 Å². The van der Waals surface area contributed by atoms with E-state index in [-0.39, 0.29) is 29.9 Å². The third-order valence-corrected chi connectivity index (χ3v) is 9.85. The van der Waals surface area contributed by atoms with E-state index in [0.29, 0.717) is 37.6 Å². The lowest BCUT2D eigenvalue weighted by atomic mass is 9.83. The van der Waals surface area contributed by atoms with Crippen LogP contribution in [0.5, 0.6) is 5.75 Å². The van der Waals surface area contributed by atoms with Crippen molar-refractivity contribution in [2.75, 3.05) is 23.4 Å². The fraction of sp³-hybridized carbons (Fsp3) is 0.194. The molecular weight excluding hydrogens is 626 g/mol. The third-order valence-electron chi connectivity index (χ3n) is 7.20. The second-order valence-corrected chi connectivity index (χ2v) is 12.5. The van der Waals surface area contributed by atoms with Crippen LogP contribution in [0.25, 0.3) is 0 Å². The van der Waals surface area contributed by atoms with Crippen molar-refractivity contribution in [1.29, 1.82) is 0 Å². The number of imide groups is 1. The number of thiazole rings is 1. The van der Waals surface area contributed by atoms with Gasteiger partial charge in [0.2, 0.25) is 11.8 Å². The zero-order chi connectivity index (χ0) is 31.0. The standard InChI is InChI=1S/C31H24ClN3O7S2/c1-2-41-30(39)17-3-9-19(10-4-17)33-22(36)15-42-21-13-5-16(6-14-21)23-24-26(43-27-25(23)44-31(40)34-27)29(38)35(28(24)37)20-11-7-18(32)8-12-20/h3-14,23-24,26H,2,15H2,1H3,(H,33,36)(H,34,40). The van der Waals surface area contributed by atoms with E-state index < -0.39 is 29.0 Å². The Morgan fingerprint density at radius 3 is 2.34 bits per heavy atom. The number of thioether (sulfide) groups is 1. The fourth-order valence-corrected chi connectivity index (χ4v) is 7.88. The van der Waals surface area contributed by atoms with E-state index in [1.807, 2.05) is 0 Å².